The molecule has 3 N–H and O–H groups in total. The molecule has 8 atom stereocenters. The molecule has 5 aromatic carbocycles. The zero-order chi connectivity index (χ0) is 54.7. The number of hydrogen-bond acceptors (Lipinski definition) is 14. The molecule has 0 aromatic heterocycles. The predicted octanol–water partition coefficient (Wildman–Crippen LogP) is 5.35. The highest BCUT2D eigenvalue weighted by Gasteiger charge is 2.52. The monoisotopic (exact) mass is 1050 g/mol. The molecule has 1 fully saturated rings. The average molecular weight is 1050 g/mol. The Morgan fingerprint density at radius 1 is 0.605 bits per heavy atom. The van der Waals surface area contributed by atoms with Gasteiger partial charge in [0, 0.05) is 33.6 Å². The number of nitrogens with zero attached hydrogens (tertiary/aromatic N) is 1. The van der Waals surface area contributed by atoms with E-state index in [4.69, 9.17) is 28.4 Å². The summed E-state index contributed by atoms with van der Waals surface area (Å²) in [4.78, 5) is 95.1. The molecule has 3 amide bonds. The van der Waals surface area contributed by atoms with Gasteiger partial charge in [-0.2, -0.15) is 5.26 Å². The van der Waals surface area contributed by atoms with Gasteiger partial charge in [-0.15, -0.1) is 0 Å². The minimum atomic E-state index is -3.29. The Balaban J connectivity index is 1.29. The van der Waals surface area contributed by atoms with Crippen LogP contribution in [0.15, 0.2) is 140 Å². The van der Waals surface area contributed by atoms with Crippen LogP contribution in [0.1, 0.15) is 65.5 Å². The second-order valence-corrected chi connectivity index (χ2v) is 22.1. The summed E-state index contributed by atoms with van der Waals surface area (Å²) in [6.45, 7) is 5.38. The van der Waals surface area contributed by atoms with Crippen LogP contribution in [0.5, 0.6) is 0 Å². The fraction of sp³-hybridized carbons (Fsp3) is 0.328. The van der Waals surface area contributed by atoms with E-state index >= 15 is 9.59 Å². The number of benzene rings is 5. The SMILES string of the molecule is CC(=O)N[C@H]1[C@@H](O[C@@H](C)[C@H](NC(=O)OCC2c3ccccc3-c3ccccc32)C(=O)N[C@H](C(=O)C(C#N)=P(c2ccccc2)(c2ccccc2)c2ccccc2)C(C)C)O[C@H](COC(C)=O)[C@H](OC(C)=O)[C@@H]1OC(C)=O. The van der Waals surface area contributed by atoms with E-state index in [9.17, 15) is 29.2 Å². The zero-order valence-electron chi connectivity index (χ0n) is 43.2. The van der Waals surface area contributed by atoms with Gasteiger partial charge >= 0.3 is 24.0 Å². The Morgan fingerprint density at radius 3 is 1.55 bits per heavy atom. The Labute approximate surface area is 441 Å². The third kappa shape index (κ3) is 12.4. The second kappa shape index (κ2) is 25.1. The molecule has 0 saturated carbocycles. The quantitative estimate of drug-likeness (QED) is 0.0537. The zero-order valence-corrected chi connectivity index (χ0v) is 44.1. The molecular formula is C58H61N4O13P. The van der Waals surface area contributed by atoms with Crippen molar-refractivity contribution in [2.75, 3.05) is 13.2 Å². The summed E-state index contributed by atoms with van der Waals surface area (Å²) < 4.78 is 35.2. The Morgan fingerprint density at radius 2 is 1.09 bits per heavy atom. The van der Waals surface area contributed by atoms with Crippen LogP contribution in [0, 0.1) is 17.2 Å². The van der Waals surface area contributed by atoms with E-state index in [1.54, 1.807) is 13.8 Å². The van der Waals surface area contributed by atoms with Gasteiger partial charge in [-0.25, -0.2) is 4.79 Å². The van der Waals surface area contributed by atoms with Crippen LogP contribution >= 0.6 is 6.89 Å². The van der Waals surface area contributed by atoms with Gasteiger partial charge in [-0.05, 0) is 57.9 Å². The maximum Gasteiger partial charge on any atom is 0.407 e. The van der Waals surface area contributed by atoms with Gasteiger partial charge in [0.1, 0.15) is 42.8 Å². The van der Waals surface area contributed by atoms with Crippen LogP contribution in [-0.2, 0) is 57.2 Å². The molecular weight excluding hydrogens is 992 g/mol. The van der Waals surface area contributed by atoms with Crippen LogP contribution in [0.2, 0.25) is 0 Å². The van der Waals surface area contributed by atoms with Crippen LogP contribution in [0.25, 0.3) is 11.1 Å². The molecule has 2 aliphatic rings. The smallest absolute Gasteiger partial charge is 0.407 e. The first-order valence-corrected chi connectivity index (χ1v) is 26.6. The molecule has 7 rings (SSSR count). The fourth-order valence-electron chi connectivity index (χ4n) is 9.87. The van der Waals surface area contributed by atoms with Crippen molar-refractivity contribution in [2.24, 2.45) is 5.92 Å². The minimum Gasteiger partial charge on any atom is -0.463 e. The normalized spacial score (nSPS) is 19.0. The van der Waals surface area contributed by atoms with Crippen molar-refractivity contribution in [3.63, 3.8) is 0 Å². The van der Waals surface area contributed by atoms with Gasteiger partial charge in [-0.3, -0.25) is 28.8 Å². The van der Waals surface area contributed by atoms with E-state index in [1.165, 1.54) is 13.8 Å². The summed E-state index contributed by atoms with van der Waals surface area (Å²) in [7, 11) is 0. The van der Waals surface area contributed by atoms with Gasteiger partial charge in [-0.1, -0.05) is 153 Å². The van der Waals surface area contributed by atoms with Crippen molar-refractivity contribution in [2.45, 2.75) is 103 Å². The van der Waals surface area contributed by atoms with E-state index in [2.05, 4.69) is 22.0 Å². The van der Waals surface area contributed by atoms with Crippen molar-refractivity contribution in [1.82, 2.24) is 16.0 Å². The highest BCUT2D eigenvalue weighted by atomic mass is 31.2. The number of nitriles is 1. The standard InChI is InChI=1S/C58H61N4O13P/c1-34(2)50(53(67)49(31-59)76(40-21-11-8-12-22-40,41-23-13-9-14-24-41)42-25-15-10-16-26-42)61-56(68)51(62-58(69)71-32-47-45-29-19-17-27-43(45)44-28-18-20-30-46(44)47)35(3)72-57-52(60-36(4)63)55(74-39(7)66)54(73-38(6)65)48(75-57)33-70-37(5)64/h8-30,34-35,47-48,50-52,54-55,57H,32-33H2,1-7H3,(H,60,63)(H,61,68)(H,62,69)/t35-,48+,50-,51-,52+,54-,55+,57-/m0/s1. The first kappa shape index (κ1) is 55.8. The number of Topliss-reactive ketones (excluding diaryl/α,β-unsaturated/α-hetero) is 1. The number of rotatable bonds is 19. The molecule has 0 radical (unpaired) electrons. The van der Waals surface area contributed by atoms with Crippen LogP contribution in [0.3, 0.4) is 0 Å². The number of ketones is 1. The van der Waals surface area contributed by atoms with Gasteiger partial charge in [0.25, 0.3) is 0 Å². The average Bonchev–Trinajstić information content (AvgIpc) is 3.73. The molecule has 18 heteroatoms. The lowest BCUT2D eigenvalue weighted by atomic mass is 9.95. The molecule has 76 heavy (non-hydrogen) atoms. The minimum absolute atomic E-state index is 0.0909. The van der Waals surface area contributed by atoms with E-state index < -0.39 is 110 Å². The maximum atomic E-state index is 15.6. The van der Waals surface area contributed by atoms with Crippen molar-refractivity contribution in [3.8, 4) is 17.2 Å². The summed E-state index contributed by atoms with van der Waals surface area (Å²) in [6.07, 6.45) is -8.49. The maximum absolute atomic E-state index is 15.6. The van der Waals surface area contributed by atoms with E-state index in [-0.39, 0.29) is 17.8 Å². The van der Waals surface area contributed by atoms with Crippen molar-refractivity contribution < 1.29 is 62.0 Å². The van der Waals surface area contributed by atoms with Gasteiger partial charge in [0.15, 0.2) is 24.3 Å². The predicted molar refractivity (Wildman–Crippen MR) is 284 cm³/mol. The topological polar surface area (TPSA) is 235 Å². The van der Waals surface area contributed by atoms with Gasteiger partial charge < -0.3 is 44.4 Å². The van der Waals surface area contributed by atoms with Crippen LogP contribution < -0.4 is 31.9 Å². The van der Waals surface area contributed by atoms with E-state index in [1.807, 2.05) is 140 Å². The first-order chi connectivity index (χ1) is 36.5. The van der Waals surface area contributed by atoms with Crippen molar-refractivity contribution in [3.05, 3.63) is 151 Å². The fourth-order valence-corrected chi connectivity index (χ4v) is 14.0. The molecule has 396 valence electrons. The first-order valence-electron chi connectivity index (χ1n) is 24.8. The second-order valence-electron chi connectivity index (χ2n) is 18.7. The number of ether oxygens (including phenoxy) is 6. The Hall–Kier alpha value is -7.90. The lowest BCUT2D eigenvalue weighted by Crippen LogP contribution is -2.67. The molecule has 1 aliphatic carbocycles. The molecule has 0 unspecified atom stereocenters. The Kier molecular flexibility index (Phi) is 18.4. The third-order valence-electron chi connectivity index (χ3n) is 13.1. The van der Waals surface area contributed by atoms with Gasteiger partial charge in [0.05, 0.1) is 12.1 Å². The summed E-state index contributed by atoms with van der Waals surface area (Å²) in [6, 6.07) is 41.2. The lowest BCUT2D eigenvalue weighted by molar-refractivity contribution is -0.287. The van der Waals surface area contributed by atoms with E-state index in [0.717, 1.165) is 58.9 Å². The summed E-state index contributed by atoms with van der Waals surface area (Å²) >= 11 is 0. The highest BCUT2D eigenvalue weighted by molar-refractivity contribution is 7.97. The molecule has 1 saturated heterocycles. The third-order valence-corrected chi connectivity index (χ3v) is 17.4. The molecule has 1 heterocycles. The number of carbonyl (C=O) groups excluding carboxylic acids is 7. The van der Waals surface area contributed by atoms with Crippen LogP contribution in [0.4, 0.5) is 4.79 Å². The van der Waals surface area contributed by atoms with Crippen LogP contribution in [-0.4, -0.2) is 109 Å². The lowest BCUT2D eigenvalue weighted by Gasteiger charge is -2.45. The largest absolute Gasteiger partial charge is 0.463 e. The molecule has 1 aliphatic heterocycles. The van der Waals surface area contributed by atoms with Crippen molar-refractivity contribution in [1.29, 1.82) is 5.26 Å². The molecule has 5 aromatic rings. The number of hydrogen-bond donors (Lipinski definition) is 3. The van der Waals surface area contributed by atoms with Crippen molar-refractivity contribution >= 4 is 69.7 Å². The van der Waals surface area contributed by atoms with Gasteiger partial charge in [0.2, 0.25) is 11.8 Å². The number of alkyl carbamates (subject to hydrolysis) is 1. The molecule has 0 bridgehead atoms. The van der Waals surface area contributed by atoms with E-state index in [0.29, 0.717) is 0 Å². The summed E-state index contributed by atoms with van der Waals surface area (Å²) in [5.41, 5.74) is 3.83. The number of esters is 3. The Bertz CT molecular complexity index is 2890. The summed E-state index contributed by atoms with van der Waals surface area (Å²) in [5.74, 6) is -5.66. The highest BCUT2D eigenvalue weighted by Crippen LogP contribution is 2.47. The number of carbonyl (C=O) groups is 7. The molecule has 17 nitrogen and oxygen atoms in total. The molecule has 0 spiro atoms. The number of nitrogens with one attached hydrogen (secondary N) is 3. The number of amides is 3. The number of fused-ring (bicyclic) bond motifs is 3. The summed E-state index contributed by atoms with van der Waals surface area (Å²) in [5, 5.41) is 21.6.